The Bertz CT molecular complexity index is 3090. The normalized spacial score (nSPS) is 13.4. The van der Waals surface area contributed by atoms with Crippen molar-refractivity contribution < 1.29 is 0 Å². The van der Waals surface area contributed by atoms with Crippen molar-refractivity contribution in [1.82, 2.24) is 9.97 Å². The van der Waals surface area contributed by atoms with E-state index >= 15 is 0 Å². The van der Waals surface area contributed by atoms with Crippen LogP contribution in [0, 0.1) is 6.92 Å². The minimum Gasteiger partial charge on any atom is -0.311 e. The minimum absolute atomic E-state index is 0.0323. The van der Waals surface area contributed by atoms with Gasteiger partial charge in [-0.25, -0.2) is 9.97 Å². The SMILES string of the molecule is Cc1cc2c3c(c1)N(c1ccccc1)c1c(cc4ccc5cccc6ccc1c4c56)B3c1cc3nc4ccccc4nc3cc1N2c1ccccc1. The summed E-state index contributed by atoms with van der Waals surface area (Å²) >= 11 is 0. The van der Waals surface area contributed by atoms with Crippen molar-refractivity contribution in [2.45, 2.75) is 6.92 Å². The fraction of sp³-hybridized carbons (Fsp3) is 0.0213. The monoisotopic (exact) mass is 660 g/mol. The molecule has 9 aromatic carbocycles. The number of hydrogen-bond acceptors (Lipinski definition) is 4. The Morgan fingerprint density at radius 1 is 0.442 bits per heavy atom. The summed E-state index contributed by atoms with van der Waals surface area (Å²) in [6.45, 7) is 2.20. The van der Waals surface area contributed by atoms with E-state index in [0.717, 1.165) is 39.1 Å². The first-order valence-corrected chi connectivity index (χ1v) is 18.0. The molecule has 2 aliphatic rings. The van der Waals surface area contributed by atoms with Crippen LogP contribution in [-0.2, 0) is 0 Å². The van der Waals surface area contributed by atoms with Gasteiger partial charge in [-0.1, -0.05) is 97.1 Å². The summed E-state index contributed by atoms with van der Waals surface area (Å²) in [5, 5.41) is 7.74. The molecule has 4 nitrogen and oxygen atoms in total. The number of nitrogens with zero attached hydrogens (tertiary/aromatic N) is 4. The lowest BCUT2D eigenvalue weighted by Gasteiger charge is -2.45. The fourth-order valence-electron chi connectivity index (χ4n) is 9.24. The van der Waals surface area contributed by atoms with Gasteiger partial charge in [-0.15, -0.1) is 0 Å². The molecular weight excluding hydrogens is 631 g/mol. The van der Waals surface area contributed by atoms with Crippen molar-refractivity contribution in [3.05, 3.63) is 163 Å². The number of anilines is 6. The zero-order valence-corrected chi connectivity index (χ0v) is 28.4. The van der Waals surface area contributed by atoms with E-state index in [1.807, 2.05) is 12.1 Å². The molecular formula is C47H29BN4. The molecule has 0 saturated heterocycles. The van der Waals surface area contributed by atoms with Crippen molar-refractivity contribution in [3.8, 4) is 0 Å². The average Bonchev–Trinajstić information content (AvgIpc) is 3.19. The van der Waals surface area contributed by atoms with Gasteiger partial charge in [0.15, 0.2) is 0 Å². The molecule has 0 N–H and O–H groups in total. The Hall–Kier alpha value is -6.72. The largest absolute Gasteiger partial charge is 0.311 e. The van der Waals surface area contributed by atoms with Gasteiger partial charge in [-0.05, 0) is 116 Å². The fourth-order valence-corrected chi connectivity index (χ4v) is 9.24. The maximum atomic E-state index is 5.20. The van der Waals surface area contributed by atoms with Crippen LogP contribution in [0.5, 0.6) is 0 Å². The van der Waals surface area contributed by atoms with E-state index < -0.39 is 0 Å². The van der Waals surface area contributed by atoms with Crippen molar-refractivity contribution in [2.75, 3.05) is 9.80 Å². The highest BCUT2D eigenvalue weighted by molar-refractivity contribution is 7.00. The third-order valence-corrected chi connectivity index (χ3v) is 11.3. The van der Waals surface area contributed by atoms with E-state index in [2.05, 4.69) is 162 Å². The minimum atomic E-state index is -0.0323. The highest BCUT2D eigenvalue weighted by atomic mass is 15.2. The summed E-state index contributed by atoms with van der Waals surface area (Å²) in [5.74, 6) is 0. The standard InChI is InChI=1S/C47H29BN4/c1-28-23-42-46-43(24-28)52(33-15-6-3-7-16-33)47-34-22-21-30-12-10-11-29-19-20-31(45(34)44(29)30)25-36(47)48(46)35-26-39-40(50-38-18-9-8-17-37(38)49-39)27-41(35)51(42)32-13-4-2-5-14-32/h2-27H,1H3. The molecule has 0 radical (unpaired) electrons. The summed E-state index contributed by atoms with van der Waals surface area (Å²) in [6.07, 6.45) is 0. The number of benzene rings is 9. The van der Waals surface area contributed by atoms with Crippen LogP contribution in [0.1, 0.15) is 5.56 Å². The van der Waals surface area contributed by atoms with Gasteiger partial charge in [0.05, 0.1) is 22.1 Å². The molecule has 10 aromatic rings. The zero-order valence-electron chi connectivity index (χ0n) is 28.4. The molecule has 2 aliphatic heterocycles. The third kappa shape index (κ3) is 3.72. The molecule has 0 fully saturated rings. The number of fused-ring (bicyclic) bond motifs is 7. The first-order valence-electron chi connectivity index (χ1n) is 18.0. The van der Waals surface area contributed by atoms with Crippen molar-refractivity contribution in [3.63, 3.8) is 0 Å². The highest BCUT2D eigenvalue weighted by Crippen LogP contribution is 2.48. The van der Waals surface area contributed by atoms with Crippen molar-refractivity contribution in [1.29, 1.82) is 0 Å². The van der Waals surface area contributed by atoms with E-state index in [1.54, 1.807) is 0 Å². The Morgan fingerprint density at radius 3 is 1.75 bits per heavy atom. The zero-order chi connectivity index (χ0) is 34.1. The first kappa shape index (κ1) is 28.0. The van der Waals surface area contributed by atoms with E-state index in [4.69, 9.17) is 9.97 Å². The molecule has 0 spiro atoms. The number of hydrogen-bond donors (Lipinski definition) is 0. The Labute approximate surface area is 300 Å². The molecule has 240 valence electrons. The van der Waals surface area contributed by atoms with Crippen LogP contribution >= 0.6 is 0 Å². The molecule has 3 heterocycles. The molecule has 12 rings (SSSR count). The van der Waals surface area contributed by atoms with Gasteiger partial charge in [0.1, 0.15) is 0 Å². The van der Waals surface area contributed by atoms with Crippen molar-refractivity contribution in [2.24, 2.45) is 0 Å². The smallest absolute Gasteiger partial charge is 0.252 e. The van der Waals surface area contributed by atoms with Gasteiger partial charge in [0, 0.05) is 39.5 Å². The second-order valence-corrected chi connectivity index (χ2v) is 14.3. The van der Waals surface area contributed by atoms with E-state index in [0.29, 0.717) is 0 Å². The van der Waals surface area contributed by atoms with Crippen LogP contribution in [-0.4, -0.2) is 16.7 Å². The van der Waals surface area contributed by atoms with Crippen LogP contribution in [0.25, 0.3) is 54.4 Å². The lowest BCUT2D eigenvalue weighted by Crippen LogP contribution is -2.61. The summed E-state index contributed by atoms with van der Waals surface area (Å²) in [4.78, 5) is 15.4. The van der Waals surface area contributed by atoms with Crippen LogP contribution in [0.3, 0.4) is 0 Å². The molecule has 0 atom stereocenters. The molecule has 0 unspecified atom stereocenters. The average molecular weight is 661 g/mol. The summed E-state index contributed by atoms with van der Waals surface area (Å²) in [5.41, 5.74) is 15.7. The summed E-state index contributed by atoms with van der Waals surface area (Å²) in [6, 6.07) is 57.6. The molecule has 52 heavy (non-hydrogen) atoms. The lowest BCUT2D eigenvalue weighted by atomic mass is 9.33. The predicted octanol–water partition coefficient (Wildman–Crippen LogP) is 10.1. The first-order chi connectivity index (χ1) is 25.7. The number of para-hydroxylation sites is 4. The van der Waals surface area contributed by atoms with E-state index in [-0.39, 0.29) is 6.71 Å². The van der Waals surface area contributed by atoms with Crippen molar-refractivity contribution >= 4 is 112 Å². The molecule has 1 aromatic heterocycles. The molecule has 0 amide bonds. The predicted molar refractivity (Wildman–Crippen MR) is 220 cm³/mol. The van der Waals surface area contributed by atoms with E-state index in [1.165, 1.54) is 71.3 Å². The van der Waals surface area contributed by atoms with Gasteiger partial charge in [-0.2, -0.15) is 0 Å². The quantitative estimate of drug-likeness (QED) is 0.105. The molecule has 0 saturated carbocycles. The summed E-state index contributed by atoms with van der Waals surface area (Å²) < 4.78 is 0. The summed E-state index contributed by atoms with van der Waals surface area (Å²) in [7, 11) is 0. The Balaban J connectivity index is 1.27. The second-order valence-electron chi connectivity index (χ2n) is 14.3. The number of rotatable bonds is 2. The maximum absolute atomic E-state index is 5.20. The van der Waals surface area contributed by atoms with Gasteiger partial charge in [0.25, 0.3) is 6.71 Å². The highest BCUT2D eigenvalue weighted by Gasteiger charge is 2.44. The lowest BCUT2D eigenvalue weighted by molar-refractivity contribution is 1.24. The topological polar surface area (TPSA) is 32.3 Å². The number of aromatic nitrogens is 2. The van der Waals surface area contributed by atoms with Crippen LogP contribution in [0.4, 0.5) is 34.1 Å². The Kier molecular flexibility index (Phi) is 5.49. The molecule has 0 aliphatic carbocycles. The molecule has 5 heteroatoms. The van der Waals surface area contributed by atoms with Crippen LogP contribution in [0.15, 0.2) is 158 Å². The second kappa shape index (κ2) is 10.2. The van der Waals surface area contributed by atoms with Gasteiger partial charge < -0.3 is 9.80 Å². The maximum Gasteiger partial charge on any atom is 0.252 e. The van der Waals surface area contributed by atoms with Gasteiger partial charge in [-0.3, -0.25) is 0 Å². The number of aryl methyl sites for hydroxylation is 1. The van der Waals surface area contributed by atoms with E-state index in [9.17, 15) is 0 Å². The Morgan fingerprint density at radius 2 is 1.04 bits per heavy atom. The van der Waals surface area contributed by atoms with Crippen LogP contribution < -0.4 is 26.2 Å². The molecule has 0 bridgehead atoms. The van der Waals surface area contributed by atoms with Gasteiger partial charge >= 0.3 is 0 Å². The van der Waals surface area contributed by atoms with Crippen LogP contribution in [0.2, 0.25) is 0 Å². The van der Waals surface area contributed by atoms with Gasteiger partial charge in [0.2, 0.25) is 0 Å². The third-order valence-electron chi connectivity index (χ3n) is 11.3.